The molecule has 0 bridgehead atoms. The molecule has 0 spiro atoms. The molecular weight excluding hydrogens is 555 g/mol. The number of hydrogen-bond donors (Lipinski definition) is 3. The lowest BCUT2D eigenvalue weighted by atomic mass is 9.80. The van der Waals surface area contributed by atoms with Crippen molar-refractivity contribution in [3.05, 3.63) is 47.8 Å². The Morgan fingerprint density at radius 3 is 2.67 bits per heavy atom. The van der Waals surface area contributed by atoms with E-state index in [-0.39, 0.29) is 24.1 Å². The van der Waals surface area contributed by atoms with Gasteiger partial charge in [0.25, 0.3) is 11.8 Å². The number of rotatable bonds is 9. The summed E-state index contributed by atoms with van der Waals surface area (Å²) in [5, 5.41) is 29.2. The van der Waals surface area contributed by atoms with Crippen molar-refractivity contribution in [1.29, 1.82) is 5.26 Å². The third kappa shape index (κ3) is 6.25. The van der Waals surface area contributed by atoms with Crippen LogP contribution in [0.5, 0.6) is 0 Å². The molecule has 1 saturated carbocycles. The molecule has 1 aliphatic carbocycles. The number of amides is 2. The van der Waals surface area contributed by atoms with E-state index in [1.165, 1.54) is 26.2 Å². The molecule has 1 aliphatic heterocycles. The molecule has 3 aromatic rings. The Bertz CT molecular complexity index is 1530. The van der Waals surface area contributed by atoms with Crippen molar-refractivity contribution in [2.45, 2.75) is 50.4 Å². The number of aliphatic hydroxyl groups is 1. The number of nitrogens with zero attached hydrogens (tertiary/aromatic N) is 5. The molecule has 0 radical (unpaired) electrons. The van der Waals surface area contributed by atoms with Crippen molar-refractivity contribution < 1.29 is 32.6 Å². The number of halogens is 3. The minimum atomic E-state index is -2.86. The number of pyridine rings is 1. The Morgan fingerprint density at radius 2 is 2.00 bits per heavy atom. The number of alkyl halides is 3. The highest BCUT2D eigenvalue weighted by Gasteiger charge is 2.47. The topological polar surface area (TPSA) is 145 Å². The third-order valence-corrected chi connectivity index (χ3v) is 7.39. The maximum atomic E-state index is 14.3. The van der Waals surface area contributed by atoms with Crippen LogP contribution in [0.25, 0.3) is 16.9 Å². The molecule has 2 aliphatic rings. The van der Waals surface area contributed by atoms with Crippen molar-refractivity contribution in [2.75, 3.05) is 31.6 Å². The summed E-state index contributed by atoms with van der Waals surface area (Å²) in [6.07, 6.45) is 1.54. The quantitative estimate of drug-likeness (QED) is 0.347. The lowest BCUT2D eigenvalue weighted by Gasteiger charge is -2.39. The van der Waals surface area contributed by atoms with Gasteiger partial charge in [0.2, 0.25) is 0 Å². The second-order valence-corrected chi connectivity index (χ2v) is 11.3. The number of anilines is 1. The summed E-state index contributed by atoms with van der Waals surface area (Å²) in [5.74, 6) is -3.43. The molecule has 14 heteroatoms. The molecule has 42 heavy (non-hydrogen) atoms. The van der Waals surface area contributed by atoms with Gasteiger partial charge in [0.1, 0.15) is 12.2 Å². The first-order valence-corrected chi connectivity index (χ1v) is 13.4. The van der Waals surface area contributed by atoms with Crippen LogP contribution in [0.2, 0.25) is 0 Å². The van der Waals surface area contributed by atoms with Crippen LogP contribution in [0.1, 0.15) is 42.6 Å². The van der Waals surface area contributed by atoms with Gasteiger partial charge < -0.3 is 20.5 Å². The predicted molar refractivity (Wildman–Crippen MR) is 145 cm³/mol. The maximum Gasteiger partial charge on any atom is 0.410 e. The van der Waals surface area contributed by atoms with E-state index < -0.39 is 49.3 Å². The van der Waals surface area contributed by atoms with Crippen LogP contribution in [-0.4, -0.2) is 86.6 Å². The standard InChI is InChI=1S/C28H30F3N7O4/c1-27(2,41)24(29)12-34-25(39)20-11-33-22(23-4-3-19-7-17(9-32)10-35-38(19)23)8-21(20)36-18-5-16(6-18)13-42-26(40)37-14-28(30,31)15-37/h3-4,7-8,10-11,16,18,24,41H,5-6,12-15H2,1-2H3,(H,33,36)(H,34,39)/t16-,18-,24-/m1/s1. The summed E-state index contributed by atoms with van der Waals surface area (Å²) in [7, 11) is 0. The molecule has 0 unspecified atom stereocenters. The number of hydrogen-bond acceptors (Lipinski definition) is 8. The van der Waals surface area contributed by atoms with Gasteiger partial charge >= 0.3 is 6.09 Å². The Hall–Kier alpha value is -4.38. The van der Waals surface area contributed by atoms with Crippen LogP contribution < -0.4 is 10.6 Å². The van der Waals surface area contributed by atoms with Crippen molar-refractivity contribution in [1.82, 2.24) is 24.8 Å². The van der Waals surface area contributed by atoms with E-state index in [2.05, 4.69) is 20.7 Å². The fraction of sp³-hybridized carbons (Fsp3) is 0.464. The Labute approximate surface area is 239 Å². The average molecular weight is 586 g/mol. The van der Waals surface area contributed by atoms with Gasteiger partial charge in [0.05, 0.1) is 71.8 Å². The minimum absolute atomic E-state index is 0.0130. The molecular formula is C28H30F3N7O4. The van der Waals surface area contributed by atoms with Gasteiger partial charge in [0.15, 0.2) is 0 Å². The molecule has 1 saturated heterocycles. The van der Waals surface area contributed by atoms with E-state index in [1.807, 2.05) is 6.07 Å². The second kappa shape index (κ2) is 11.1. The predicted octanol–water partition coefficient (Wildman–Crippen LogP) is 3.38. The highest BCUT2D eigenvalue weighted by atomic mass is 19.3. The van der Waals surface area contributed by atoms with Crippen molar-refractivity contribution >= 4 is 23.2 Å². The Morgan fingerprint density at radius 1 is 1.26 bits per heavy atom. The monoisotopic (exact) mass is 585 g/mol. The number of nitrogens with one attached hydrogen (secondary N) is 2. The Balaban J connectivity index is 1.29. The summed E-state index contributed by atoms with van der Waals surface area (Å²) in [6, 6.07) is 8.89. The van der Waals surface area contributed by atoms with Crippen LogP contribution in [0.15, 0.2) is 36.7 Å². The molecule has 0 aromatic carbocycles. The van der Waals surface area contributed by atoms with E-state index in [4.69, 9.17) is 10.00 Å². The van der Waals surface area contributed by atoms with Crippen LogP contribution in [0.3, 0.4) is 0 Å². The lowest BCUT2D eigenvalue weighted by Crippen LogP contribution is -2.58. The lowest BCUT2D eigenvalue weighted by molar-refractivity contribution is -0.121. The first-order chi connectivity index (χ1) is 19.8. The molecule has 11 nitrogen and oxygen atoms in total. The van der Waals surface area contributed by atoms with Gasteiger partial charge in [-0.2, -0.15) is 10.4 Å². The van der Waals surface area contributed by atoms with E-state index in [9.17, 15) is 27.9 Å². The van der Waals surface area contributed by atoms with Crippen LogP contribution in [0.4, 0.5) is 23.7 Å². The molecule has 2 fully saturated rings. The molecule has 222 valence electrons. The number of nitriles is 1. The van der Waals surface area contributed by atoms with Crippen molar-refractivity contribution in [3.8, 4) is 17.5 Å². The molecule has 3 aromatic heterocycles. The molecule has 2 amide bonds. The maximum absolute atomic E-state index is 14.3. The van der Waals surface area contributed by atoms with Crippen molar-refractivity contribution in [2.24, 2.45) is 5.92 Å². The zero-order valence-electron chi connectivity index (χ0n) is 23.0. The van der Waals surface area contributed by atoms with E-state index in [1.54, 1.807) is 28.8 Å². The zero-order chi connectivity index (χ0) is 30.2. The smallest absolute Gasteiger partial charge is 0.410 e. The minimum Gasteiger partial charge on any atom is -0.449 e. The zero-order valence-corrected chi connectivity index (χ0v) is 23.0. The van der Waals surface area contributed by atoms with Gasteiger partial charge in [-0.1, -0.05) is 0 Å². The third-order valence-electron chi connectivity index (χ3n) is 7.39. The number of ether oxygens (including phenoxy) is 1. The van der Waals surface area contributed by atoms with Crippen LogP contribution in [0, 0.1) is 17.2 Å². The van der Waals surface area contributed by atoms with E-state index >= 15 is 0 Å². The van der Waals surface area contributed by atoms with Crippen molar-refractivity contribution in [3.63, 3.8) is 0 Å². The summed E-state index contributed by atoms with van der Waals surface area (Å²) >= 11 is 0. The van der Waals surface area contributed by atoms with Crippen LogP contribution in [-0.2, 0) is 4.74 Å². The molecule has 1 atom stereocenters. The van der Waals surface area contributed by atoms with Crippen LogP contribution >= 0.6 is 0 Å². The number of carbonyl (C=O) groups is 2. The SMILES string of the molecule is CC(C)(O)[C@H](F)CNC(=O)c1cnc(-c2ccc3cc(C#N)cnn23)cc1N[C@H]1C[C@H](COC(=O)N2CC(F)(F)C2)C1. The highest BCUT2D eigenvalue weighted by molar-refractivity contribution is 6.00. The van der Waals surface area contributed by atoms with Gasteiger partial charge in [0, 0.05) is 12.2 Å². The molecule has 3 N–H and O–H groups in total. The second-order valence-electron chi connectivity index (χ2n) is 11.3. The van der Waals surface area contributed by atoms with Gasteiger partial charge in [-0.3, -0.25) is 14.7 Å². The fourth-order valence-corrected chi connectivity index (χ4v) is 4.81. The average Bonchev–Trinajstić information content (AvgIpc) is 3.33. The first-order valence-electron chi connectivity index (χ1n) is 13.4. The number of carbonyl (C=O) groups excluding carboxylic acids is 2. The fourth-order valence-electron chi connectivity index (χ4n) is 4.81. The van der Waals surface area contributed by atoms with Gasteiger partial charge in [-0.05, 0) is 56.9 Å². The van der Waals surface area contributed by atoms with E-state index in [0.29, 0.717) is 41.0 Å². The highest BCUT2D eigenvalue weighted by Crippen LogP contribution is 2.34. The number of likely N-dealkylation sites (tertiary alicyclic amines) is 1. The summed E-state index contributed by atoms with van der Waals surface area (Å²) in [5.41, 5.74) is 1.15. The normalized spacial score (nSPS) is 20.2. The van der Waals surface area contributed by atoms with E-state index in [0.717, 1.165) is 4.90 Å². The number of aromatic nitrogens is 3. The molecule has 4 heterocycles. The largest absolute Gasteiger partial charge is 0.449 e. The first kappa shape index (κ1) is 29.1. The molecule has 5 rings (SSSR count). The number of fused-ring (bicyclic) bond motifs is 1. The van der Waals surface area contributed by atoms with Gasteiger partial charge in [-0.15, -0.1) is 0 Å². The Kier molecular flexibility index (Phi) is 7.72. The summed E-state index contributed by atoms with van der Waals surface area (Å²) < 4.78 is 47.1. The summed E-state index contributed by atoms with van der Waals surface area (Å²) in [4.78, 5) is 30.4. The summed E-state index contributed by atoms with van der Waals surface area (Å²) in [6.45, 7) is 1.03. The van der Waals surface area contributed by atoms with Gasteiger partial charge in [-0.25, -0.2) is 22.5 Å².